The van der Waals surface area contributed by atoms with Gasteiger partial charge in [0, 0.05) is 12.0 Å². The molecule has 0 saturated heterocycles. The van der Waals surface area contributed by atoms with Crippen molar-refractivity contribution >= 4 is 5.91 Å². The van der Waals surface area contributed by atoms with E-state index >= 15 is 0 Å². The Hall–Kier alpha value is -1.38. The Labute approximate surface area is 134 Å². The molecule has 1 N–H and O–H groups in total. The van der Waals surface area contributed by atoms with Crippen molar-refractivity contribution in [2.24, 2.45) is 5.41 Å². The smallest absolute Gasteiger partial charge is 0.226 e. The van der Waals surface area contributed by atoms with E-state index in [4.69, 9.17) is 0 Å². The molecule has 1 aromatic rings. The molecule has 0 heterocycles. The van der Waals surface area contributed by atoms with Crippen molar-refractivity contribution in [1.82, 2.24) is 5.32 Å². The van der Waals surface area contributed by atoms with Crippen LogP contribution in [0.4, 0.5) is 4.39 Å². The van der Waals surface area contributed by atoms with Gasteiger partial charge in [-0.15, -0.1) is 0 Å². The molecule has 1 unspecified atom stereocenters. The zero-order chi connectivity index (χ0) is 16.4. The Morgan fingerprint density at radius 1 is 1.05 bits per heavy atom. The highest BCUT2D eigenvalue weighted by atomic mass is 19.1. The molecule has 0 radical (unpaired) electrons. The summed E-state index contributed by atoms with van der Waals surface area (Å²) in [7, 11) is 0. The molecule has 3 heteroatoms. The number of hydrogen-bond donors (Lipinski definition) is 1. The van der Waals surface area contributed by atoms with Crippen molar-refractivity contribution in [2.45, 2.75) is 72.3 Å². The molecule has 0 aromatic heterocycles. The maximum atomic E-state index is 12.9. The molecule has 124 valence electrons. The first-order valence-corrected chi connectivity index (χ1v) is 8.54. The van der Waals surface area contributed by atoms with Gasteiger partial charge in [0.1, 0.15) is 5.82 Å². The van der Waals surface area contributed by atoms with Gasteiger partial charge in [-0.3, -0.25) is 4.79 Å². The summed E-state index contributed by atoms with van der Waals surface area (Å²) in [5, 5.41) is 3.03. The van der Waals surface area contributed by atoms with Gasteiger partial charge in [0.25, 0.3) is 0 Å². The molecule has 0 aliphatic rings. The predicted molar refractivity (Wildman–Crippen MR) is 90.0 cm³/mol. The summed E-state index contributed by atoms with van der Waals surface area (Å²) in [6.07, 6.45) is 7.49. The van der Waals surface area contributed by atoms with E-state index in [1.54, 1.807) is 12.1 Å². The minimum Gasteiger partial charge on any atom is -0.352 e. The molecule has 0 aliphatic heterocycles. The van der Waals surface area contributed by atoms with E-state index in [2.05, 4.69) is 26.1 Å². The number of amides is 1. The summed E-state index contributed by atoms with van der Waals surface area (Å²) in [6.45, 7) is 6.88. The summed E-state index contributed by atoms with van der Waals surface area (Å²) in [4.78, 5) is 12.6. The van der Waals surface area contributed by atoms with Crippen LogP contribution < -0.4 is 5.32 Å². The maximum absolute atomic E-state index is 12.9. The molecule has 1 amide bonds. The summed E-state index contributed by atoms with van der Waals surface area (Å²) in [5.74, 6) is -0.121. The van der Waals surface area contributed by atoms with Crippen LogP contribution in [0.25, 0.3) is 0 Å². The van der Waals surface area contributed by atoms with Gasteiger partial charge in [-0.2, -0.15) is 0 Å². The molecule has 22 heavy (non-hydrogen) atoms. The third-order valence-electron chi connectivity index (χ3n) is 4.33. The van der Waals surface area contributed by atoms with E-state index in [0.29, 0.717) is 6.54 Å². The molecule has 1 atom stereocenters. The van der Waals surface area contributed by atoms with Gasteiger partial charge >= 0.3 is 0 Å². The van der Waals surface area contributed by atoms with E-state index in [1.165, 1.54) is 25.0 Å². The number of carbonyl (C=O) groups is 1. The molecular formula is C19H30FNO. The minimum absolute atomic E-state index is 0.126. The van der Waals surface area contributed by atoms with Gasteiger partial charge in [0.15, 0.2) is 0 Å². The predicted octanol–water partition coefficient (Wildman–Crippen LogP) is 5.22. The number of carbonyl (C=O) groups excluding carboxylic acids is 1. The van der Waals surface area contributed by atoms with E-state index in [1.807, 2.05) is 0 Å². The van der Waals surface area contributed by atoms with E-state index in [-0.39, 0.29) is 17.1 Å². The summed E-state index contributed by atoms with van der Waals surface area (Å²) in [6, 6.07) is 6.30. The third kappa shape index (κ3) is 6.17. The van der Waals surface area contributed by atoms with Crippen LogP contribution in [-0.2, 0) is 11.3 Å². The number of unbranched alkanes of at least 4 members (excludes halogenated alkanes) is 3. The Kier molecular flexibility index (Phi) is 8.15. The first-order valence-electron chi connectivity index (χ1n) is 8.54. The molecule has 2 nitrogen and oxygen atoms in total. The summed E-state index contributed by atoms with van der Waals surface area (Å²) < 4.78 is 12.9. The lowest BCUT2D eigenvalue weighted by atomic mass is 9.79. The zero-order valence-electron chi connectivity index (χ0n) is 14.3. The molecule has 0 bridgehead atoms. The van der Waals surface area contributed by atoms with E-state index in [0.717, 1.165) is 37.7 Å². The Balaban J connectivity index is 2.59. The van der Waals surface area contributed by atoms with Crippen LogP contribution in [0.1, 0.15) is 71.3 Å². The third-order valence-corrected chi connectivity index (χ3v) is 4.33. The van der Waals surface area contributed by atoms with Gasteiger partial charge in [-0.05, 0) is 30.5 Å². The Bertz CT molecular complexity index is 443. The summed E-state index contributed by atoms with van der Waals surface area (Å²) in [5.41, 5.74) is 0.645. The van der Waals surface area contributed by atoms with E-state index < -0.39 is 0 Å². The average Bonchev–Trinajstić information content (AvgIpc) is 2.52. The van der Waals surface area contributed by atoms with Gasteiger partial charge in [0.05, 0.1) is 0 Å². The second-order valence-electron chi connectivity index (χ2n) is 6.43. The second-order valence-corrected chi connectivity index (χ2v) is 6.43. The highest BCUT2D eigenvalue weighted by Crippen LogP contribution is 2.31. The topological polar surface area (TPSA) is 29.1 Å². The molecule has 0 aliphatic carbocycles. The molecule has 1 aromatic carbocycles. The fourth-order valence-electron chi connectivity index (χ4n) is 2.68. The molecule has 1 rings (SSSR count). The fourth-order valence-corrected chi connectivity index (χ4v) is 2.68. The van der Waals surface area contributed by atoms with Crippen LogP contribution in [0, 0.1) is 11.2 Å². The van der Waals surface area contributed by atoms with Gasteiger partial charge in [0.2, 0.25) is 5.91 Å². The first kappa shape index (κ1) is 18.7. The van der Waals surface area contributed by atoms with E-state index in [9.17, 15) is 9.18 Å². The number of hydrogen-bond acceptors (Lipinski definition) is 1. The minimum atomic E-state index is -0.286. The molecule has 0 saturated carbocycles. The van der Waals surface area contributed by atoms with Gasteiger partial charge in [-0.25, -0.2) is 4.39 Å². The maximum Gasteiger partial charge on any atom is 0.226 e. The second kappa shape index (κ2) is 9.60. The fraction of sp³-hybridized carbons (Fsp3) is 0.632. The van der Waals surface area contributed by atoms with Gasteiger partial charge in [-0.1, -0.05) is 65.0 Å². The molecule has 0 fully saturated rings. The van der Waals surface area contributed by atoms with Crippen LogP contribution in [0.2, 0.25) is 0 Å². The lowest BCUT2D eigenvalue weighted by molar-refractivity contribution is -0.131. The number of rotatable bonds is 10. The van der Waals surface area contributed by atoms with Crippen molar-refractivity contribution in [3.8, 4) is 0 Å². The van der Waals surface area contributed by atoms with Crippen molar-refractivity contribution < 1.29 is 9.18 Å². The number of nitrogens with one attached hydrogen (secondary N) is 1. The number of halogens is 1. The van der Waals surface area contributed by atoms with Crippen molar-refractivity contribution in [3.63, 3.8) is 0 Å². The summed E-state index contributed by atoms with van der Waals surface area (Å²) >= 11 is 0. The highest BCUT2D eigenvalue weighted by molar-refractivity contribution is 5.82. The molecule has 0 spiro atoms. The van der Waals surface area contributed by atoms with Crippen LogP contribution in [0.5, 0.6) is 0 Å². The lowest BCUT2D eigenvalue weighted by Gasteiger charge is -2.28. The first-order chi connectivity index (χ1) is 10.5. The Morgan fingerprint density at radius 2 is 1.64 bits per heavy atom. The van der Waals surface area contributed by atoms with Crippen LogP contribution >= 0.6 is 0 Å². The van der Waals surface area contributed by atoms with Crippen molar-refractivity contribution in [1.29, 1.82) is 0 Å². The number of benzene rings is 1. The van der Waals surface area contributed by atoms with Crippen molar-refractivity contribution in [2.75, 3.05) is 0 Å². The zero-order valence-corrected chi connectivity index (χ0v) is 14.3. The van der Waals surface area contributed by atoms with Crippen LogP contribution in [0.15, 0.2) is 24.3 Å². The molecular weight excluding hydrogens is 277 g/mol. The van der Waals surface area contributed by atoms with Crippen LogP contribution in [-0.4, -0.2) is 5.91 Å². The monoisotopic (exact) mass is 307 g/mol. The highest BCUT2D eigenvalue weighted by Gasteiger charge is 2.31. The standard InChI is InChI=1S/C19H30FNO/c1-4-6-8-14-19(3,13-7-5-2)18(22)21-15-16-9-11-17(20)12-10-16/h9-12H,4-8,13-15H2,1-3H3,(H,21,22). The van der Waals surface area contributed by atoms with Crippen molar-refractivity contribution in [3.05, 3.63) is 35.6 Å². The van der Waals surface area contributed by atoms with Gasteiger partial charge < -0.3 is 5.32 Å². The Morgan fingerprint density at radius 3 is 2.23 bits per heavy atom. The SMILES string of the molecule is CCCCCC(C)(CCCC)C(=O)NCc1ccc(F)cc1. The normalized spacial score (nSPS) is 13.6. The largest absolute Gasteiger partial charge is 0.352 e. The lowest BCUT2D eigenvalue weighted by Crippen LogP contribution is -2.38. The van der Waals surface area contributed by atoms with Crippen LogP contribution in [0.3, 0.4) is 0 Å². The average molecular weight is 307 g/mol. The quantitative estimate of drug-likeness (QED) is 0.590.